The van der Waals surface area contributed by atoms with Gasteiger partial charge in [-0.05, 0) is 18.4 Å². The van der Waals surface area contributed by atoms with Gasteiger partial charge in [0.2, 0.25) is 0 Å². The van der Waals surface area contributed by atoms with Crippen molar-refractivity contribution in [3.8, 4) is 0 Å². The maximum absolute atomic E-state index is 4.49. The van der Waals surface area contributed by atoms with Crippen LogP contribution in [0, 0.1) is 0 Å². The zero-order valence-corrected chi connectivity index (χ0v) is 17.3. The van der Waals surface area contributed by atoms with Gasteiger partial charge in [-0.15, -0.1) is 10.2 Å². The van der Waals surface area contributed by atoms with Crippen LogP contribution < -0.4 is 5.32 Å². The summed E-state index contributed by atoms with van der Waals surface area (Å²) in [7, 11) is 1.86. The Balaban J connectivity index is 1.24. The quantitative estimate of drug-likeness (QED) is 0.622. The number of nitrogens with zero attached hydrogens (tertiary/aromatic N) is 6. The molecule has 0 amide bonds. The molecule has 7 heteroatoms. The molecule has 0 radical (unpaired) electrons. The Morgan fingerprint density at radius 2 is 1.90 bits per heavy atom. The minimum atomic E-state index is 0.680. The van der Waals surface area contributed by atoms with Crippen LogP contribution in [0.4, 0.5) is 0 Å². The van der Waals surface area contributed by atoms with Crippen molar-refractivity contribution in [3.05, 3.63) is 53.6 Å². The number of benzene rings is 1. The van der Waals surface area contributed by atoms with Crippen LogP contribution in [-0.4, -0.2) is 70.3 Å². The average molecular weight is 394 g/mol. The molecule has 0 spiro atoms. The molecular weight excluding hydrogens is 362 g/mol. The molecule has 3 heterocycles. The summed E-state index contributed by atoms with van der Waals surface area (Å²) in [6, 6.07) is 10.5. The highest BCUT2D eigenvalue weighted by molar-refractivity contribution is 5.79. The number of aliphatic imine (C=N–C) groups is 1. The third kappa shape index (κ3) is 5.03. The standard InChI is InChI=1S/C22H31N7/c1-23-22(24-18-21-26-25-20-11-5-6-13-29(20)21)28-16-14-27(15-17-28)12-7-10-19-8-3-2-4-9-19/h2-4,7-10H,5-6,11-18H2,1H3,(H,23,24)/b10-7+. The largest absolute Gasteiger partial charge is 0.349 e. The van der Waals surface area contributed by atoms with Gasteiger partial charge in [-0.25, -0.2) is 0 Å². The lowest BCUT2D eigenvalue weighted by Crippen LogP contribution is -2.52. The van der Waals surface area contributed by atoms with E-state index in [1.807, 2.05) is 7.05 Å². The molecule has 0 unspecified atom stereocenters. The molecule has 1 aromatic heterocycles. The van der Waals surface area contributed by atoms with Crippen molar-refractivity contribution in [3.63, 3.8) is 0 Å². The third-order valence-corrected chi connectivity index (χ3v) is 5.70. The minimum Gasteiger partial charge on any atom is -0.349 e. The van der Waals surface area contributed by atoms with Gasteiger partial charge < -0.3 is 14.8 Å². The Morgan fingerprint density at radius 1 is 1.07 bits per heavy atom. The molecule has 2 aliphatic rings. The van der Waals surface area contributed by atoms with Crippen molar-refractivity contribution in [2.45, 2.75) is 32.4 Å². The zero-order chi connectivity index (χ0) is 19.9. The van der Waals surface area contributed by atoms with Crippen LogP contribution in [0.1, 0.15) is 30.1 Å². The summed E-state index contributed by atoms with van der Waals surface area (Å²) in [5.41, 5.74) is 1.26. The molecular formula is C22H31N7. The maximum Gasteiger partial charge on any atom is 0.194 e. The molecule has 1 aromatic carbocycles. The van der Waals surface area contributed by atoms with Gasteiger partial charge in [0.1, 0.15) is 5.82 Å². The molecule has 2 aliphatic heterocycles. The smallest absolute Gasteiger partial charge is 0.194 e. The fourth-order valence-corrected chi connectivity index (χ4v) is 4.03. The van der Waals surface area contributed by atoms with Crippen molar-refractivity contribution in [2.75, 3.05) is 39.8 Å². The zero-order valence-electron chi connectivity index (χ0n) is 17.3. The number of rotatable bonds is 5. The Kier molecular flexibility index (Phi) is 6.56. The van der Waals surface area contributed by atoms with Gasteiger partial charge in [0.05, 0.1) is 6.54 Å². The Bertz CT molecular complexity index is 832. The van der Waals surface area contributed by atoms with Gasteiger partial charge in [-0.2, -0.15) is 0 Å². The first kappa shape index (κ1) is 19.6. The van der Waals surface area contributed by atoms with Gasteiger partial charge in [0.25, 0.3) is 0 Å². The van der Waals surface area contributed by atoms with E-state index in [0.29, 0.717) is 6.54 Å². The lowest BCUT2D eigenvalue weighted by atomic mass is 10.2. The van der Waals surface area contributed by atoms with E-state index in [0.717, 1.165) is 63.3 Å². The molecule has 7 nitrogen and oxygen atoms in total. The van der Waals surface area contributed by atoms with Crippen LogP contribution in [-0.2, 0) is 19.5 Å². The predicted molar refractivity (Wildman–Crippen MR) is 117 cm³/mol. The fourth-order valence-electron chi connectivity index (χ4n) is 4.03. The Morgan fingerprint density at radius 3 is 2.69 bits per heavy atom. The summed E-state index contributed by atoms with van der Waals surface area (Å²) < 4.78 is 2.26. The first-order valence-corrected chi connectivity index (χ1v) is 10.6. The Labute approximate surface area is 173 Å². The lowest BCUT2D eigenvalue weighted by Gasteiger charge is -2.36. The summed E-state index contributed by atoms with van der Waals surface area (Å²) in [6.07, 6.45) is 7.94. The van der Waals surface area contributed by atoms with Crippen LogP contribution in [0.25, 0.3) is 6.08 Å². The van der Waals surface area contributed by atoms with E-state index < -0.39 is 0 Å². The molecule has 0 aliphatic carbocycles. The summed E-state index contributed by atoms with van der Waals surface area (Å²) in [4.78, 5) is 9.31. The van der Waals surface area contributed by atoms with Crippen LogP contribution in [0.3, 0.4) is 0 Å². The number of nitrogens with one attached hydrogen (secondary N) is 1. The van der Waals surface area contributed by atoms with E-state index in [1.165, 1.54) is 18.4 Å². The highest BCUT2D eigenvalue weighted by Gasteiger charge is 2.20. The number of fused-ring (bicyclic) bond motifs is 1. The van der Waals surface area contributed by atoms with Crippen LogP contribution in [0.15, 0.2) is 41.4 Å². The maximum atomic E-state index is 4.49. The van der Waals surface area contributed by atoms with Crippen LogP contribution in [0.5, 0.6) is 0 Å². The summed E-state index contributed by atoms with van der Waals surface area (Å²) in [5, 5.41) is 12.2. The molecule has 1 N–H and O–H groups in total. The number of aromatic nitrogens is 3. The molecule has 154 valence electrons. The molecule has 2 aromatic rings. The van der Waals surface area contributed by atoms with Crippen molar-refractivity contribution in [2.24, 2.45) is 4.99 Å². The van der Waals surface area contributed by atoms with Gasteiger partial charge >= 0.3 is 0 Å². The molecule has 0 atom stereocenters. The van der Waals surface area contributed by atoms with Crippen molar-refractivity contribution >= 4 is 12.0 Å². The van der Waals surface area contributed by atoms with Crippen molar-refractivity contribution in [1.29, 1.82) is 0 Å². The number of aryl methyl sites for hydroxylation is 1. The van der Waals surface area contributed by atoms with Gasteiger partial charge in [0.15, 0.2) is 11.8 Å². The summed E-state index contributed by atoms with van der Waals surface area (Å²) >= 11 is 0. The average Bonchev–Trinajstić information content (AvgIpc) is 3.19. The molecule has 0 saturated carbocycles. The molecule has 0 bridgehead atoms. The van der Waals surface area contributed by atoms with Gasteiger partial charge in [-0.3, -0.25) is 9.89 Å². The highest BCUT2D eigenvalue weighted by Crippen LogP contribution is 2.14. The monoisotopic (exact) mass is 393 g/mol. The van der Waals surface area contributed by atoms with Crippen molar-refractivity contribution in [1.82, 2.24) is 29.9 Å². The number of guanidine groups is 1. The summed E-state index contributed by atoms with van der Waals surface area (Å²) in [5.74, 6) is 3.10. The topological polar surface area (TPSA) is 61.6 Å². The second kappa shape index (κ2) is 9.69. The SMILES string of the molecule is CN=C(NCc1nnc2n1CCCC2)N1CCN(C/C=C/c2ccccc2)CC1. The van der Waals surface area contributed by atoms with Crippen molar-refractivity contribution < 1.29 is 0 Å². The predicted octanol–water partition coefficient (Wildman–Crippen LogP) is 2.02. The molecule has 1 saturated heterocycles. The van der Waals surface area contributed by atoms with Crippen LogP contribution >= 0.6 is 0 Å². The lowest BCUT2D eigenvalue weighted by molar-refractivity contribution is 0.194. The third-order valence-electron chi connectivity index (χ3n) is 5.70. The van der Waals surface area contributed by atoms with E-state index in [1.54, 1.807) is 0 Å². The number of hydrogen-bond donors (Lipinski definition) is 1. The van der Waals surface area contributed by atoms with Gasteiger partial charge in [-0.1, -0.05) is 42.5 Å². The first-order chi connectivity index (χ1) is 14.3. The van der Waals surface area contributed by atoms with E-state index in [2.05, 4.69) is 77.4 Å². The fraction of sp³-hybridized carbons (Fsp3) is 0.500. The number of piperazine rings is 1. The van der Waals surface area contributed by atoms with E-state index >= 15 is 0 Å². The summed E-state index contributed by atoms with van der Waals surface area (Å²) in [6.45, 7) is 6.75. The van der Waals surface area contributed by atoms with E-state index in [9.17, 15) is 0 Å². The second-order valence-corrected chi connectivity index (χ2v) is 7.64. The molecule has 29 heavy (non-hydrogen) atoms. The molecule has 1 fully saturated rings. The Hall–Kier alpha value is -2.67. The first-order valence-electron chi connectivity index (χ1n) is 10.6. The highest BCUT2D eigenvalue weighted by atomic mass is 15.4. The van der Waals surface area contributed by atoms with E-state index in [-0.39, 0.29) is 0 Å². The number of hydrogen-bond acceptors (Lipinski definition) is 4. The van der Waals surface area contributed by atoms with Crippen LogP contribution in [0.2, 0.25) is 0 Å². The van der Waals surface area contributed by atoms with Gasteiger partial charge in [0, 0.05) is 52.7 Å². The normalized spacial score (nSPS) is 18.2. The second-order valence-electron chi connectivity index (χ2n) is 7.64. The molecule has 4 rings (SSSR count). The van der Waals surface area contributed by atoms with E-state index in [4.69, 9.17) is 0 Å². The minimum absolute atomic E-state index is 0.680.